The molecule has 0 aliphatic heterocycles. The Labute approximate surface area is 108 Å². The van der Waals surface area contributed by atoms with Crippen LogP contribution < -0.4 is 5.73 Å². The van der Waals surface area contributed by atoms with Gasteiger partial charge in [-0.05, 0) is 47.2 Å². The van der Waals surface area contributed by atoms with Crippen molar-refractivity contribution in [1.82, 2.24) is 0 Å². The number of anilines is 1. The van der Waals surface area contributed by atoms with E-state index in [-0.39, 0.29) is 0 Å². The Bertz CT molecular complexity index is 621. The lowest BCUT2D eigenvalue weighted by atomic mass is 9.77. The van der Waals surface area contributed by atoms with Crippen LogP contribution in [0.3, 0.4) is 0 Å². The third-order valence-corrected chi connectivity index (χ3v) is 4.75. The van der Waals surface area contributed by atoms with E-state index in [1.165, 1.54) is 47.9 Å². The molecule has 90 valence electrons. The van der Waals surface area contributed by atoms with Crippen molar-refractivity contribution in [2.75, 3.05) is 5.73 Å². The highest BCUT2D eigenvalue weighted by atomic mass is 14.6. The molecule has 4 rings (SSSR count). The Morgan fingerprint density at radius 2 is 1.56 bits per heavy atom. The lowest BCUT2D eigenvalue weighted by molar-refractivity contribution is 0.550. The maximum Gasteiger partial charge on any atom is 0.0320 e. The quantitative estimate of drug-likeness (QED) is 0.683. The first-order chi connectivity index (χ1) is 8.81. The minimum atomic E-state index is 0.291. The van der Waals surface area contributed by atoms with E-state index in [1.54, 1.807) is 0 Å². The number of hydrogen-bond donors (Lipinski definition) is 1. The topological polar surface area (TPSA) is 26.0 Å². The van der Waals surface area contributed by atoms with Crippen LogP contribution in [0.5, 0.6) is 0 Å². The molecular formula is C17H17N. The summed E-state index contributed by atoms with van der Waals surface area (Å²) in [6, 6.07) is 15.4. The average Bonchev–Trinajstić information content (AvgIpc) is 2.97. The Morgan fingerprint density at radius 1 is 0.833 bits per heavy atom. The third kappa shape index (κ3) is 1.12. The van der Waals surface area contributed by atoms with Gasteiger partial charge >= 0.3 is 0 Å². The van der Waals surface area contributed by atoms with Gasteiger partial charge in [0.25, 0.3) is 0 Å². The highest BCUT2D eigenvalue weighted by Gasteiger charge is 2.44. The number of fused-ring (bicyclic) bond motifs is 5. The first-order valence-corrected chi connectivity index (χ1v) is 6.81. The summed E-state index contributed by atoms with van der Waals surface area (Å²) in [5.74, 6) is 0. The summed E-state index contributed by atoms with van der Waals surface area (Å²) in [4.78, 5) is 0. The van der Waals surface area contributed by atoms with Crippen LogP contribution in [0.4, 0.5) is 5.69 Å². The van der Waals surface area contributed by atoms with E-state index in [9.17, 15) is 0 Å². The molecule has 0 bridgehead atoms. The normalized spacial score (nSPS) is 18.9. The van der Waals surface area contributed by atoms with E-state index in [0.29, 0.717) is 5.41 Å². The molecule has 0 saturated heterocycles. The van der Waals surface area contributed by atoms with E-state index in [4.69, 9.17) is 5.73 Å². The minimum absolute atomic E-state index is 0.291. The Balaban J connectivity index is 2.08. The molecule has 2 aromatic rings. The van der Waals surface area contributed by atoms with Gasteiger partial charge in [-0.1, -0.05) is 43.2 Å². The molecule has 2 N–H and O–H groups in total. The van der Waals surface area contributed by atoms with Crippen LogP contribution in [-0.4, -0.2) is 0 Å². The summed E-state index contributed by atoms with van der Waals surface area (Å²) in [6.45, 7) is 0. The van der Waals surface area contributed by atoms with Gasteiger partial charge in [-0.15, -0.1) is 0 Å². The molecule has 1 heteroatoms. The van der Waals surface area contributed by atoms with Crippen LogP contribution in [0.25, 0.3) is 11.1 Å². The zero-order valence-corrected chi connectivity index (χ0v) is 10.4. The van der Waals surface area contributed by atoms with E-state index in [1.807, 2.05) is 0 Å². The zero-order valence-electron chi connectivity index (χ0n) is 10.4. The summed E-state index contributed by atoms with van der Waals surface area (Å²) in [7, 11) is 0. The van der Waals surface area contributed by atoms with E-state index >= 15 is 0 Å². The molecule has 0 atom stereocenters. The van der Waals surface area contributed by atoms with Crippen LogP contribution in [0, 0.1) is 0 Å². The number of benzene rings is 2. The van der Waals surface area contributed by atoms with Gasteiger partial charge in [0.15, 0.2) is 0 Å². The molecule has 18 heavy (non-hydrogen) atoms. The zero-order chi connectivity index (χ0) is 12.2. The molecule has 1 spiro atoms. The van der Waals surface area contributed by atoms with Crippen molar-refractivity contribution in [1.29, 1.82) is 0 Å². The molecule has 1 nitrogen and oxygen atoms in total. The van der Waals surface area contributed by atoms with E-state index in [2.05, 4.69) is 42.5 Å². The largest absolute Gasteiger partial charge is 0.399 e. The molecule has 1 fully saturated rings. The number of rotatable bonds is 0. The van der Waals surface area contributed by atoms with Crippen LogP contribution in [0.15, 0.2) is 42.5 Å². The molecule has 0 radical (unpaired) electrons. The van der Waals surface area contributed by atoms with E-state index in [0.717, 1.165) is 5.69 Å². The van der Waals surface area contributed by atoms with Gasteiger partial charge in [-0.25, -0.2) is 0 Å². The maximum absolute atomic E-state index is 5.98. The van der Waals surface area contributed by atoms with Gasteiger partial charge in [0, 0.05) is 11.1 Å². The van der Waals surface area contributed by atoms with Gasteiger partial charge in [-0.2, -0.15) is 0 Å². The molecule has 2 aliphatic rings. The molecule has 0 heterocycles. The van der Waals surface area contributed by atoms with Crippen LogP contribution >= 0.6 is 0 Å². The Kier molecular flexibility index (Phi) is 1.91. The highest BCUT2D eigenvalue weighted by Crippen LogP contribution is 2.56. The maximum atomic E-state index is 5.98. The first kappa shape index (κ1) is 10.2. The molecule has 0 amide bonds. The molecule has 0 unspecified atom stereocenters. The molecule has 1 saturated carbocycles. The second-order valence-electron chi connectivity index (χ2n) is 5.64. The summed E-state index contributed by atoms with van der Waals surface area (Å²) in [5, 5.41) is 0. The fourth-order valence-corrected chi connectivity index (χ4v) is 4.00. The lowest BCUT2D eigenvalue weighted by Crippen LogP contribution is -2.20. The predicted molar refractivity (Wildman–Crippen MR) is 75.5 cm³/mol. The van der Waals surface area contributed by atoms with E-state index < -0.39 is 0 Å². The minimum Gasteiger partial charge on any atom is -0.399 e. The standard InChI is InChI=1S/C17H17N/c18-12-7-8-16-14(11-12)13-5-1-2-6-15(13)17(16)9-3-4-10-17/h1-2,5-8,11H,3-4,9-10,18H2. The lowest BCUT2D eigenvalue weighted by Gasteiger charge is -2.26. The van der Waals surface area contributed by atoms with Crippen molar-refractivity contribution in [2.24, 2.45) is 0 Å². The number of hydrogen-bond acceptors (Lipinski definition) is 1. The van der Waals surface area contributed by atoms with Crippen molar-refractivity contribution >= 4 is 5.69 Å². The smallest absolute Gasteiger partial charge is 0.0320 e. The van der Waals surface area contributed by atoms with Gasteiger partial charge in [0.1, 0.15) is 0 Å². The van der Waals surface area contributed by atoms with Crippen LogP contribution in [0.2, 0.25) is 0 Å². The molecular weight excluding hydrogens is 218 g/mol. The predicted octanol–water partition coefficient (Wildman–Crippen LogP) is 4.11. The summed E-state index contributed by atoms with van der Waals surface area (Å²) >= 11 is 0. The highest BCUT2D eigenvalue weighted by molar-refractivity contribution is 5.83. The van der Waals surface area contributed by atoms with Crippen molar-refractivity contribution in [3.63, 3.8) is 0 Å². The molecule has 0 aromatic heterocycles. The Morgan fingerprint density at radius 3 is 2.39 bits per heavy atom. The summed E-state index contributed by atoms with van der Waals surface area (Å²) in [5.41, 5.74) is 13.0. The number of nitrogens with two attached hydrogens (primary N) is 1. The molecule has 2 aromatic carbocycles. The first-order valence-electron chi connectivity index (χ1n) is 6.81. The summed E-state index contributed by atoms with van der Waals surface area (Å²) in [6.07, 6.45) is 5.28. The van der Waals surface area contributed by atoms with Gasteiger partial charge in [-0.3, -0.25) is 0 Å². The van der Waals surface area contributed by atoms with Gasteiger partial charge in [0.2, 0.25) is 0 Å². The monoisotopic (exact) mass is 235 g/mol. The molecule has 2 aliphatic carbocycles. The fourth-order valence-electron chi connectivity index (χ4n) is 4.00. The van der Waals surface area contributed by atoms with Gasteiger partial charge < -0.3 is 5.73 Å². The number of nitrogen functional groups attached to an aromatic ring is 1. The van der Waals surface area contributed by atoms with Gasteiger partial charge in [0.05, 0.1) is 0 Å². The fraction of sp³-hybridized carbons (Fsp3) is 0.294. The SMILES string of the molecule is Nc1ccc2c(c1)-c1ccccc1C21CCCC1. The van der Waals surface area contributed by atoms with Crippen molar-refractivity contribution in [3.05, 3.63) is 53.6 Å². The third-order valence-electron chi connectivity index (χ3n) is 4.75. The van der Waals surface area contributed by atoms with Crippen LogP contribution in [-0.2, 0) is 5.41 Å². The van der Waals surface area contributed by atoms with Crippen LogP contribution in [0.1, 0.15) is 36.8 Å². The second kappa shape index (κ2) is 3.38. The summed E-state index contributed by atoms with van der Waals surface area (Å²) < 4.78 is 0. The Hall–Kier alpha value is -1.76. The van der Waals surface area contributed by atoms with Crippen molar-refractivity contribution in [3.8, 4) is 11.1 Å². The average molecular weight is 235 g/mol. The second-order valence-corrected chi connectivity index (χ2v) is 5.64. The van der Waals surface area contributed by atoms with Crippen molar-refractivity contribution < 1.29 is 0 Å². The van der Waals surface area contributed by atoms with Crippen molar-refractivity contribution in [2.45, 2.75) is 31.1 Å².